The van der Waals surface area contributed by atoms with E-state index in [9.17, 15) is 0 Å². The van der Waals surface area contributed by atoms with Gasteiger partial charge in [0.05, 0.1) is 6.26 Å². The first kappa shape index (κ1) is 8.16. The fourth-order valence-electron chi connectivity index (χ4n) is 0.824. The van der Waals surface area contributed by atoms with E-state index < -0.39 is 0 Å². The zero-order valence-corrected chi connectivity index (χ0v) is 7.93. The van der Waals surface area contributed by atoms with Gasteiger partial charge in [0.1, 0.15) is 5.60 Å². The van der Waals surface area contributed by atoms with Crippen molar-refractivity contribution in [2.24, 2.45) is 0 Å². The highest BCUT2D eigenvalue weighted by atomic mass is 32.7. The summed E-state index contributed by atoms with van der Waals surface area (Å²) in [5, 5.41) is 0. The van der Waals surface area contributed by atoms with Gasteiger partial charge < -0.3 is 4.74 Å². The standard InChI is InChI=1S/C7H11OPS/c1-6(10-9)7(2)4-3-5-8-7/h3,5H,1,4,9H2,2H3. The van der Waals surface area contributed by atoms with Gasteiger partial charge in [-0.3, -0.25) is 0 Å². The Morgan fingerprint density at radius 2 is 2.60 bits per heavy atom. The van der Waals surface area contributed by atoms with Gasteiger partial charge in [-0.25, -0.2) is 0 Å². The lowest BCUT2D eigenvalue weighted by Crippen LogP contribution is -2.22. The molecular formula is C7H11OPS. The monoisotopic (exact) mass is 174 g/mol. The third-order valence-electron chi connectivity index (χ3n) is 1.66. The topological polar surface area (TPSA) is 9.23 Å². The smallest absolute Gasteiger partial charge is 0.139 e. The predicted octanol–water partition coefficient (Wildman–Crippen LogP) is 2.72. The molecule has 2 atom stereocenters. The second-order valence-corrected chi connectivity index (χ2v) is 3.90. The first-order valence-electron chi connectivity index (χ1n) is 3.08. The highest BCUT2D eigenvalue weighted by Gasteiger charge is 2.30. The van der Waals surface area contributed by atoms with Crippen molar-refractivity contribution in [1.82, 2.24) is 0 Å². The second kappa shape index (κ2) is 2.98. The summed E-state index contributed by atoms with van der Waals surface area (Å²) in [5.74, 6) is 0. The molecule has 3 heteroatoms. The molecule has 10 heavy (non-hydrogen) atoms. The second-order valence-electron chi connectivity index (χ2n) is 2.47. The Balaban J connectivity index is 2.61. The van der Waals surface area contributed by atoms with Gasteiger partial charge >= 0.3 is 0 Å². The van der Waals surface area contributed by atoms with Crippen LogP contribution in [-0.4, -0.2) is 5.60 Å². The molecule has 0 aliphatic carbocycles. The van der Waals surface area contributed by atoms with E-state index in [4.69, 9.17) is 4.74 Å². The average Bonchev–Trinajstić information content (AvgIpc) is 2.36. The summed E-state index contributed by atoms with van der Waals surface area (Å²) in [6, 6.07) is 0. The molecule has 0 N–H and O–H groups in total. The van der Waals surface area contributed by atoms with Gasteiger partial charge in [0, 0.05) is 11.3 Å². The van der Waals surface area contributed by atoms with Crippen LogP contribution in [0.15, 0.2) is 23.8 Å². The number of rotatable bonds is 2. The van der Waals surface area contributed by atoms with Crippen LogP contribution in [0.25, 0.3) is 0 Å². The highest BCUT2D eigenvalue weighted by Crippen LogP contribution is 2.38. The number of hydrogen-bond acceptors (Lipinski definition) is 2. The lowest BCUT2D eigenvalue weighted by Gasteiger charge is -2.24. The molecule has 0 spiro atoms. The van der Waals surface area contributed by atoms with Crippen molar-refractivity contribution in [1.29, 1.82) is 0 Å². The van der Waals surface area contributed by atoms with Crippen LogP contribution in [0, 0.1) is 0 Å². The third kappa shape index (κ3) is 1.38. The maximum Gasteiger partial charge on any atom is 0.139 e. The molecular weight excluding hydrogens is 163 g/mol. The van der Waals surface area contributed by atoms with Crippen LogP contribution in [0.5, 0.6) is 0 Å². The zero-order valence-electron chi connectivity index (χ0n) is 5.96. The normalized spacial score (nSPS) is 30.2. The van der Waals surface area contributed by atoms with E-state index in [1.165, 1.54) is 0 Å². The van der Waals surface area contributed by atoms with Gasteiger partial charge in [-0.1, -0.05) is 15.0 Å². The quantitative estimate of drug-likeness (QED) is 0.595. The number of ether oxygens (including phenoxy) is 1. The van der Waals surface area contributed by atoms with E-state index in [-0.39, 0.29) is 5.60 Å². The summed E-state index contributed by atoms with van der Waals surface area (Å²) in [5.41, 5.74) is -0.160. The van der Waals surface area contributed by atoms with Gasteiger partial charge in [-0.05, 0) is 13.0 Å². The van der Waals surface area contributed by atoms with Crippen molar-refractivity contribution in [2.45, 2.75) is 18.9 Å². The molecule has 0 aromatic carbocycles. The van der Waals surface area contributed by atoms with E-state index in [0.717, 1.165) is 11.3 Å². The third-order valence-corrected chi connectivity index (χ3v) is 3.23. The lowest BCUT2D eigenvalue weighted by atomic mass is 10.0. The van der Waals surface area contributed by atoms with Gasteiger partial charge in [0.25, 0.3) is 0 Å². The SMILES string of the molecule is C=C(SP)C1(C)CC=CO1. The molecule has 0 radical (unpaired) electrons. The van der Waals surface area contributed by atoms with E-state index >= 15 is 0 Å². The van der Waals surface area contributed by atoms with E-state index in [1.54, 1.807) is 17.6 Å². The van der Waals surface area contributed by atoms with Crippen molar-refractivity contribution in [3.63, 3.8) is 0 Å². The summed E-state index contributed by atoms with van der Waals surface area (Å²) in [7, 11) is 2.58. The largest absolute Gasteiger partial charge is 0.490 e. The molecule has 1 nitrogen and oxygen atoms in total. The molecule has 0 saturated carbocycles. The van der Waals surface area contributed by atoms with Gasteiger partial charge in [-0.15, -0.1) is 11.4 Å². The molecule has 1 rings (SSSR count). The summed E-state index contributed by atoms with van der Waals surface area (Å²) < 4.78 is 5.38. The van der Waals surface area contributed by atoms with Gasteiger partial charge in [0.2, 0.25) is 0 Å². The van der Waals surface area contributed by atoms with Crippen LogP contribution in [0.1, 0.15) is 13.3 Å². The minimum atomic E-state index is -0.160. The minimum Gasteiger partial charge on any atom is -0.490 e. The Morgan fingerprint density at radius 1 is 1.90 bits per heavy atom. The first-order valence-corrected chi connectivity index (χ1v) is 5.37. The van der Waals surface area contributed by atoms with Crippen LogP contribution in [0.4, 0.5) is 0 Å². The molecule has 0 aromatic rings. The Bertz CT molecular complexity index is 168. The fourth-order valence-corrected chi connectivity index (χ4v) is 1.95. The maximum absolute atomic E-state index is 5.38. The van der Waals surface area contributed by atoms with Crippen molar-refractivity contribution in [3.8, 4) is 0 Å². The van der Waals surface area contributed by atoms with Crippen LogP contribution < -0.4 is 0 Å². The van der Waals surface area contributed by atoms with Crippen molar-refractivity contribution >= 4 is 19.8 Å². The minimum absolute atomic E-state index is 0.160. The Kier molecular flexibility index (Phi) is 2.43. The Morgan fingerprint density at radius 3 is 3.00 bits per heavy atom. The lowest BCUT2D eigenvalue weighted by molar-refractivity contribution is 0.109. The van der Waals surface area contributed by atoms with E-state index in [1.807, 2.05) is 13.0 Å². The van der Waals surface area contributed by atoms with E-state index in [0.29, 0.717) is 0 Å². The van der Waals surface area contributed by atoms with Crippen LogP contribution >= 0.6 is 19.8 Å². The van der Waals surface area contributed by atoms with Gasteiger partial charge in [0.15, 0.2) is 0 Å². The molecule has 1 aliphatic rings. The summed E-state index contributed by atoms with van der Waals surface area (Å²) in [4.78, 5) is 1.06. The van der Waals surface area contributed by atoms with Crippen molar-refractivity contribution in [3.05, 3.63) is 23.8 Å². The van der Waals surface area contributed by atoms with Crippen LogP contribution in [0.2, 0.25) is 0 Å². The predicted molar refractivity (Wildman–Crippen MR) is 49.7 cm³/mol. The summed E-state index contributed by atoms with van der Waals surface area (Å²) in [6.45, 7) is 5.95. The molecule has 0 aromatic heterocycles. The molecule has 2 unspecified atom stereocenters. The molecule has 1 heterocycles. The van der Waals surface area contributed by atoms with Gasteiger partial charge in [-0.2, -0.15) is 0 Å². The summed E-state index contributed by atoms with van der Waals surface area (Å²) in [6.07, 6.45) is 4.70. The molecule has 0 fully saturated rings. The van der Waals surface area contributed by atoms with E-state index in [2.05, 4.69) is 15.0 Å². The van der Waals surface area contributed by atoms with Crippen LogP contribution in [0.3, 0.4) is 0 Å². The highest BCUT2D eigenvalue weighted by molar-refractivity contribution is 8.46. The molecule has 0 bridgehead atoms. The average molecular weight is 174 g/mol. The fraction of sp³-hybridized carbons (Fsp3) is 0.429. The van der Waals surface area contributed by atoms with Crippen molar-refractivity contribution < 1.29 is 4.74 Å². The molecule has 56 valence electrons. The molecule has 1 aliphatic heterocycles. The Hall–Kier alpha value is 0.0600. The maximum atomic E-state index is 5.38. The van der Waals surface area contributed by atoms with Crippen LogP contribution in [-0.2, 0) is 4.74 Å². The first-order chi connectivity index (χ1) is 4.69. The summed E-state index contributed by atoms with van der Waals surface area (Å²) >= 11 is 1.58. The zero-order chi connectivity index (χ0) is 7.61. The molecule has 0 amide bonds. The molecule has 0 saturated heterocycles. The number of hydrogen-bond donors (Lipinski definition) is 0. The Labute approximate surface area is 67.9 Å². The van der Waals surface area contributed by atoms with Crippen molar-refractivity contribution in [2.75, 3.05) is 0 Å².